The van der Waals surface area contributed by atoms with Gasteiger partial charge < -0.3 is 10.0 Å². The molecule has 0 amide bonds. The van der Waals surface area contributed by atoms with Crippen molar-refractivity contribution < 1.29 is 9.90 Å². The third-order valence-corrected chi connectivity index (χ3v) is 3.13. The van der Waals surface area contributed by atoms with E-state index < -0.39 is 5.97 Å². The third-order valence-electron chi connectivity index (χ3n) is 3.13. The zero-order valence-corrected chi connectivity index (χ0v) is 10.5. The zero-order valence-electron chi connectivity index (χ0n) is 10.5. The van der Waals surface area contributed by atoms with Crippen LogP contribution in [0.25, 0.3) is 0 Å². The number of rotatable bonds is 4. The lowest BCUT2D eigenvalue weighted by atomic mass is 10.1. The molecular weight excluding hydrogens is 216 g/mol. The molecule has 1 N–H and O–H groups in total. The van der Waals surface area contributed by atoms with Gasteiger partial charge in [-0.1, -0.05) is 0 Å². The second-order valence-electron chi connectivity index (χ2n) is 4.91. The smallest absolute Gasteiger partial charge is 0.339 e. The lowest BCUT2D eigenvalue weighted by Gasteiger charge is -2.21. The van der Waals surface area contributed by atoms with Crippen LogP contribution in [0.3, 0.4) is 0 Å². The molecule has 4 heteroatoms. The number of anilines is 1. The van der Waals surface area contributed by atoms with Gasteiger partial charge in [0.15, 0.2) is 0 Å². The Hall–Kier alpha value is -1.58. The highest BCUT2D eigenvalue weighted by Gasteiger charge is 2.26. The van der Waals surface area contributed by atoms with Gasteiger partial charge in [-0.25, -0.2) is 9.78 Å². The average molecular weight is 234 g/mol. The lowest BCUT2D eigenvalue weighted by molar-refractivity contribution is 0.0696. The van der Waals surface area contributed by atoms with Gasteiger partial charge in [0.05, 0.1) is 0 Å². The fourth-order valence-electron chi connectivity index (χ4n) is 2.13. The Labute approximate surface area is 101 Å². The Bertz CT molecular complexity index is 453. The number of carboxylic acids is 1. The van der Waals surface area contributed by atoms with Gasteiger partial charge in [0.2, 0.25) is 0 Å². The van der Waals surface area contributed by atoms with Crippen molar-refractivity contribution in [1.82, 2.24) is 4.98 Å². The number of carboxylic acid groups (broad SMARTS) is 1. The minimum atomic E-state index is -0.896. The van der Waals surface area contributed by atoms with E-state index in [0.717, 1.165) is 17.8 Å². The van der Waals surface area contributed by atoms with E-state index >= 15 is 0 Å². The number of nitrogens with zero attached hydrogens (tertiary/aromatic N) is 2. The maximum atomic E-state index is 11.3. The molecule has 92 valence electrons. The fraction of sp³-hybridized carbons (Fsp3) is 0.538. The molecule has 0 aliphatic heterocycles. The van der Waals surface area contributed by atoms with Crippen molar-refractivity contribution in [3.63, 3.8) is 0 Å². The van der Waals surface area contributed by atoms with Crippen LogP contribution in [0.4, 0.5) is 5.82 Å². The monoisotopic (exact) mass is 234 g/mol. The van der Waals surface area contributed by atoms with Gasteiger partial charge in [-0.05, 0) is 44.2 Å². The highest BCUT2D eigenvalue weighted by Crippen LogP contribution is 2.31. The second-order valence-corrected chi connectivity index (χ2v) is 4.91. The van der Waals surface area contributed by atoms with Gasteiger partial charge in [0, 0.05) is 19.3 Å². The molecule has 0 bridgehead atoms. The summed E-state index contributed by atoms with van der Waals surface area (Å²) in [5, 5.41) is 9.27. The van der Waals surface area contributed by atoms with Crippen molar-refractivity contribution in [3.05, 3.63) is 22.9 Å². The van der Waals surface area contributed by atoms with Gasteiger partial charge in [-0.15, -0.1) is 0 Å². The van der Waals surface area contributed by atoms with E-state index in [2.05, 4.69) is 4.98 Å². The highest BCUT2D eigenvalue weighted by molar-refractivity contribution is 5.95. The van der Waals surface area contributed by atoms with Crippen LogP contribution in [0.5, 0.6) is 0 Å². The molecule has 1 heterocycles. The van der Waals surface area contributed by atoms with Gasteiger partial charge in [0.25, 0.3) is 0 Å². The molecule has 0 radical (unpaired) electrons. The first kappa shape index (κ1) is 11.9. The number of hydrogen-bond acceptors (Lipinski definition) is 3. The third kappa shape index (κ3) is 2.57. The number of pyridine rings is 1. The van der Waals surface area contributed by atoms with Gasteiger partial charge in [0.1, 0.15) is 11.4 Å². The summed E-state index contributed by atoms with van der Waals surface area (Å²) in [6.07, 6.45) is 2.50. The Morgan fingerprint density at radius 1 is 1.53 bits per heavy atom. The molecule has 1 aliphatic carbocycles. The molecule has 2 rings (SSSR count). The Morgan fingerprint density at radius 2 is 2.18 bits per heavy atom. The minimum absolute atomic E-state index is 0.332. The zero-order chi connectivity index (χ0) is 12.6. The van der Waals surface area contributed by atoms with Crippen molar-refractivity contribution in [2.45, 2.75) is 26.7 Å². The fourth-order valence-corrected chi connectivity index (χ4v) is 2.13. The van der Waals surface area contributed by atoms with E-state index in [1.54, 1.807) is 0 Å². The summed E-state index contributed by atoms with van der Waals surface area (Å²) in [7, 11) is 1.92. The number of carbonyl (C=O) groups is 1. The van der Waals surface area contributed by atoms with Crippen LogP contribution >= 0.6 is 0 Å². The summed E-state index contributed by atoms with van der Waals surface area (Å²) in [6.45, 7) is 4.62. The van der Waals surface area contributed by atoms with Crippen molar-refractivity contribution in [2.75, 3.05) is 18.5 Å². The lowest BCUT2D eigenvalue weighted by Crippen LogP contribution is -2.24. The molecule has 0 unspecified atom stereocenters. The largest absolute Gasteiger partial charge is 0.478 e. The molecule has 1 aromatic heterocycles. The Balaban J connectivity index is 2.38. The van der Waals surface area contributed by atoms with E-state index in [9.17, 15) is 9.90 Å². The van der Waals surface area contributed by atoms with E-state index in [1.807, 2.05) is 31.9 Å². The standard InChI is InChI=1S/C13H18N2O2/c1-8-6-9(2)14-12(11(8)13(16)17)15(3)7-10-4-5-10/h6,10H,4-5,7H2,1-3H3,(H,16,17). The molecule has 0 saturated heterocycles. The molecule has 0 spiro atoms. The molecule has 0 aromatic carbocycles. The van der Waals surface area contributed by atoms with Crippen LogP contribution in [-0.2, 0) is 0 Å². The van der Waals surface area contributed by atoms with Crippen LogP contribution in [-0.4, -0.2) is 29.7 Å². The number of aromatic carboxylic acids is 1. The molecule has 1 fully saturated rings. The first-order valence-electron chi connectivity index (χ1n) is 5.91. The van der Waals surface area contributed by atoms with E-state index in [1.165, 1.54) is 12.8 Å². The normalized spacial score (nSPS) is 14.8. The van der Waals surface area contributed by atoms with Crippen LogP contribution in [0.15, 0.2) is 6.07 Å². The molecule has 4 nitrogen and oxygen atoms in total. The predicted molar refractivity (Wildman–Crippen MR) is 66.7 cm³/mol. The van der Waals surface area contributed by atoms with Crippen LogP contribution in [0.2, 0.25) is 0 Å². The van der Waals surface area contributed by atoms with E-state index in [-0.39, 0.29) is 0 Å². The Kier molecular flexibility index (Phi) is 3.05. The quantitative estimate of drug-likeness (QED) is 0.868. The first-order chi connectivity index (χ1) is 7.99. The van der Waals surface area contributed by atoms with Crippen molar-refractivity contribution in [3.8, 4) is 0 Å². The SMILES string of the molecule is Cc1cc(C)c(C(=O)O)c(N(C)CC2CC2)n1. The van der Waals surface area contributed by atoms with Crippen molar-refractivity contribution >= 4 is 11.8 Å². The van der Waals surface area contributed by atoms with Crippen LogP contribution < -0.4 is 4.90 Å². The van der Waals surface area contributed by atoms with Gasteiger partial charge in [-0.2, -0.15) is 0 Å². The summed E-state index contributed by atoms with van der Waals surface area (Å²) in [6, 6.07) is 1.82. The van der Waals surface area contributed by atoms with Gasteiger partial charge in [-0.3, -0.25) is 0 Å². The summed E-state index contributed by atoms with van der Waals surface area (Å²) in [5.41, 5.74) is 1.98. The molecular formula is C13H18N2O2. The van der Waals surface area contributed by atoms with E-state index in [4.69, 9.17) is 0 Å². The van der Waals surface area contributed by atoms with Crippen molar-refractivity contribution in [2.24, 2.45) is 5.92 Å². The van der Waals surface area contributed by atoms with E-state index in [0.29, 0.717) is 17.3 Å². The molecule has 1 aliphatic rings. The Morgan fingerprint density at radius 3 is 2.71 bits per heavy atom. The topological polar surface area (TPSA) is 53.4 Å². The maximum absolute atomic E-state index is 11.3. The average Bonchev–Trinajstić information content (AvgIpc) is 2.99. The first-order valence-corrected chi connectivity index (χ1v) is 5.91. The molecule has 17 heavy (non-hydrogen) atoms. The van der Waals surface area contributed by atoms with Crippen LogP contribution in [0.1, 0.15) is 34.5 Å². The minimum Gasteiger partial charge on any atom is -0.478 e. The number of aryl methyl sites for hydroxylation is 2. The maximum Gasteiger partial charge on any atom is 0.339 e. The molecule has 1 aromatic rings. The summed E-state index contributed by atoms with van der Waals surface area (Å²) in [4.78, 5) is 17.6. The van der Waals surface area contributed by atoms with Gasteiger partial charge >= 0.3 is 5.97 Å². The number of aromatic nitrogens is 1. The second kappa shape index (κ2) is 4.35. The highest BCUT2D eigenvalue weighted by atomic mass is 16.4. The summed E-state index contributed by atoms with van der Waals surface area (Å²) in [5.74, 6) is 0.416. The van der Waals surface area contributed by atoms with Crippen molar-refractivity contribution in [1.29, 1.82) is 0 Å². The summed E-state index contributed by atoms with van der Waals surface area (Å²) >= 11 is 0. The van der Waals surface area contributed by atoms with Crippen LogP contribution in [0, 0.1) is 19.8 Å². The number of hydrogen-bond donors (Lipinski definition) is 1. The molecule has 0 atom stereocenters. The predicted octanol–water partition coefficient (Wildman–Crippen LogP) is 2.24. The summed E-state index contributed by atoms with van der Waals surface area (Å²) < 4.78 is 0. The molecule has 1 saturated carbocycles.